The lowest BCUT2D eigenvalue weighted by Crippen LogP contribution is -2.28. The summed E-state index contributed by atoms with van der Waals surface area (Å²) in [6.45, 7) is 0.838. The summed E-state index contributed by atoms with van der Waals surface area (Å²) in [5, 5.41) is 7.13. The Morgan fingerprint density at radius 2 is 1.79 bits per heavy atom. The highest BCUT2D eigenvalue weighted by molar-refractivity contribution is 7.89. The van der Waals surface area contributed by atoms with Gasteiger partial charge in [0.15, 0.2) is 5.03 Å². The van der Waals surface area contributed by atoms with E-state index in [0.29, 0.717) is 13.1 Å². The fourth-order valence-corrected chi connectivity index (χ4v) is 5.27. The van der Waals surface area contributed by atoms with Gasteiger partial charge in [-0.1, -0.05) is 11.6 Å². The molecule has 9 nitrogen and oxygen atoms in total. The van der Waals surface area contributed by atoms with Crippen molar-refractivity contribution in [1.82, 2.24) is 9.29 Å². The monoisotopic (exact) mass is 444 g/mol. The summed E-state index contributed by atoms with van der Waals surface area (Å²) in [5.74, 6) is -0.654. The number of amides is 1. The van der Waals surface area contributed by atoms with Crippen LogP contribution in [0.2, 0.25) is 5.02 Å². The maximum absolute atomic E-state index is 12.8. The van der Waals surface area contributed by atoms with Crippen LogP contribution < -0.4 is 10.5 Å². The topological polar surface area (TPSA) is 140 Å². The van der Waals surface area contributed by atoms with Gasteiger partial charge in [-0.3, -0.25) is 4.79 Å². The van der Waals surface area contributed by atoms with Gasteiger partial charge >= 0.3 is 0 Å². The van der Waals surface area contributed by atoms with Crippen LogP contribution >= 0.6 is 11.6 Å². The molecule has 28 heavy (non-hydrogen) atoms. The van der Waals surface area contributed by atoms with Crippen molar-refractivity contribution in [2.24, 2.45) is 5.14 Å². The Bertz CT molecular complexity index is 1130. The Balaban J connectivity index is 1.89. The number of nitrogens with zero attached hydrogens (tertiary/aromatic N) is 2. The van der Waals surface area contributed by atoms with Crippen molar-refractivity contribution in [3.8, 4) is 0 Å². The molecule has 3 rings (SSSR count). The second-order valence-corrected chi connectivity index (χ2v) is 9.96. The van der Waals surface area contributed by atoms with Crippen LogP contribution in [-0.2, 0) is 20.0 Å². The molecular formula is C16H17ClN4O5S2. The molecule has 1 aliphatic rings. The summed E-state index contributed by atoms with van der Waals surface area (Å²) < 4.78 is 49.6. The molecule has 150 valence electrons. The van der Waals surface area contributed by atoms with E-state index in [4.69, 9.17) is 16.7 Å². The Hall–Kier alpha value is -2.05. The maximum Gasteiger partial charge on any atom is 0.255 e. The summed E-state index contributed by atoms with van der Waals surface area (Å²) in [6, 6.07) is 6.44. The van der Waals surface area contributed by atoms with Crippen LogP contribution in [0.4, 0.5) is 5.69 Å². The van der Waals surface area contributed by atoms with Crippen molar-refractivity contribution >= 4 is 43.2 Å². The van der Waals surface area contributed by atoms with Crippen LogP contribution in [0, 0.1) is 0 Å². The van der Waals surface area contributed by atoms with E-state index >= 15 is 0 Å². The summed E-state index contributed by atoms with van der Waals surface area (Å²) in [4.78, 5) is 15.9. The Labute approximate surface area is 167 Å². The maximum atomic E-state index is 12.8. The number of aromatic nitrogens is 1. The summed E-state index contributed by atoms with van der Waals surface area (Å²) in [5.41, 5.74) is 0.194. The highest BCUT2D eigenvalue weighted by Gasteiger charge is 2.29. The molecule has 0 atom stereocenters. The highest BCUT2D eigenvalue weighted by Crippen LogP contribution is 2.29. The quantitative estimate of drug-likeness (QED) is 0.714. The molecule has 0 bridgehead atoms. The van der Waals surface area contributed by atoms with Crippen LogP contribution in [0.1, 0.15) is 23.2 Å². The number of anilines is 1. The van der Waals surface area contributed by atoms with Gasteiger partial charge in [0, 0.05) is 30.5 Å². The first-order valence-electron chi connectivity index (χ1n) is 8.19. The van der Waals surface area contributed by atoms with E-state index in [2.05, 4.69) is 10.3 Å². The predicted octanol–water partition coefficient (Wildman–Crippen LogP) is 1.42. The number of carbonyl (C=O) groups is 1. The van der Waals surface area contributed by atoms with Gasteiger partial charge in [-0.25, -0.2) is 27.0 Å². The number of pyridine rings is 1. The lowest BCUT2D eigenvalue weighted by molar-refractivity contribution is 0.102. The van der Waals surface area contributed by atoms with Gasteiger partial charge in [-0.2, -0.15) is 4.31 Å². The number of nitrogens with one attached hydrogen (secondary N) is 1. The van der Waals surface area contributed by atoms with Gasteiger partial charge in [-0.15, -0.1) is 0 Å². The Morgan fingerprint density at radius 1 is 1.11 bits per heavy atom. The smallest absolute Gasteiger partial charge is 0.255 e. The molecule has 1 aromatic heterocycles. The number of carbonyl (C=O) groups excluding carboxylic acids is 1. The highest BCUT2D eigenvalue weighted by atomic mass is 35.5. The zero-order chi connectivity index (χ0) is 20.5. The number of hydrogen-bond donors (Lipinski definition) is 2. The van der Waals surface area contributed by atoms with Gasteiger partial charge < -0.3 is 5.32 Å². The van der Waals surface area contributed by atoms with Crippen LogP contribution in [0.5, 0.6) is 0 Å². The fourth-order valence-electron chi connectivity index (χ4n) is 2.76. The van der Waals surface area contributed by atoms with Crippen LogP contribution in [-0.4, -0.2) is 45.1 Å². The molecule has 2 aromatic rings. The average molecular weight is 445 g/mol. The first-order chi connectivity index (χ1) is 13.1. The second kappa shape index (κ2) is 7.76. The molecular weight excluding hydrogens is 428 g/mol. The van der Waals surface area contributed by atoms with Crippen molar-refractivity contribution < 1.29 is 21.6 Å². The van der Waals surface area contributed by atoms with Crippen LogP contribution in [0.25, 0.3) is 0 Å². The van der Waals surface area contributed by atoms with E-state index in [1.54, 1.807) is 0 Å². The van der Waals surface area contributed by atoms with E-state index in [1.807, 2.05) is 0 Å². The predicted molar refractivity (Wildman–Crippen MR) is 103 cm³/mol. The SMILES string of the molecule is NS(=O)(=O)c1cc(C(=O)Nc2ccc(Cl)c(S(=O)(=O)N3CCCC3)c2)ccn1. The van der Waals surface area contributed by atoms with E-state index in [9.17, 15) is 21.6 Å². The minimum atomic E-state index is -4.07. The summed E-state index contributed by atoms with van der Waals surface area (Å²) in [7, 11) is -7.84. The standard InChI is InChI=1S/C16H17ClN4O5S2/c17-13-4-3-12(10-14(13)28(25,26)21-7-1-2-8-21)20-16(22)11-5-6-19-15(9-11)27(18,23)24/h3-6,9-10H,1-2,7-8H2,(H,20,22)(H2,18,23,24). The van der Waals surface area contributed by atoms with Gasteiger partial charge in [-0.05, 0) is 43.2 Å². The molecule has 0 unspecified atom stereocenters. The normalized spacial score (nSPS) is 15.5. The minimum Gasteiger partial charge on any atom is -0.322 e. The molecule has 12 heteroatoms. The van der Waals surface area contributed by atoms with Crippen LogP contribution in [0.15, 0.2) is 46.5 Å². The Morgan fingerprint density at radius 3 is 2.43 bits per heavy atom. The lowest BCUT2D eigenvalue weighted by atomic mass is 10.2. The third kappa shape index (κ3) is 4.33. The molecule has 1 saturated heterocycles. The van der Waals surface area contributed by atoms with Crippen molar-refractivity contribution in [2.75, 3.05) is 18.4 Å². The fraction of sp³-hybridized carbons (Fsp3) is 0.250. The molecule has 1 fully saturated rings. The van der Waals surface area contributed by atoms with Crippen LogP contribution in [0.3, 0.4) is 0 Å². The van der Waals surface area contributed by atoms with Crippen molar-refractivity contribution in [1.29, 1.82) is 0 Å². The van der Waals surface area contributed by atoms with Crippen molar-refractivity contribution in [3.05, 3.63) is 47.1 Å². The van der Waals surface area contributed by atoms with E-state index in [-0.39, 0.29) is 21.2 Å². The molecule has 0 aliphatic carbocycles. The number of benzene rings is 1. The van der Waals surface area contributed by atoms with E-state index < -0.39 is 31.0 Å². The molecule has 2 heterocycles. The lowest BCUT2D eigenvalue weighted by Gasteiger charge is -2.17. The van der Waals surface area contributed by atoms with Gasteiger partial charge in [0.2, 0.25) is 10.0 Å². The van der Waals surface area contributed by atoms with E-state index in [1.165, 1.54) is 28.6 Å². The van der Waals surface area contributed by atoms with Gasteiger partial charge in [0.1, 0.15) is 4.90 Å². The number of rotatable bonds is 5. The molecule has 0 radical (unpaired) electrons. The Kier molecular flexibility index (Phi) is 5.73. The number of primary sulfonamides is 1. The third-order valence-electron chi connectivity index (χ3n) is 4.16. The largest absolute Gasteiger partial charge is 0.322 e. The molecule has 1 amide bonds. The van der Waals surface area contributed by atoms with Gasteiger partial charge in [0.25, 0.3) is 15.9 Å². The second-order valence-electron chi connectivity index (χ2n) is 6.14. The molecule has 3 N–H and O–H groups in total. The summed E-state index contributed by atoms with van der Waals surface area (Å²) >= 11 is 6.08. The molecule has 1 aromatic carbocycles. The third-order valence-corrected chi connectivity index (χ3v) is 7.35. The minimum absolute atomic E-state index is 0.00192. The molecule has 1 aliphatic heterocycles. The van der Waals surface area contributed by atoms with E-state index in [0.717, 1.165) is 25.1 Å². The average Bonchev–Trinajstić information content (AvgIpc) is 3.18. The first kappa shape index (κ1) is 20.7. The number of sulfonamides is 2. The summed E-state index contributed by atoms with van der Waals surface area (Å²) in [6.07, 6.45) is 2.70. The number of hydrogen-bond acceptors (Lipinski definition) is 6. The zero-order valence-corrected chi connectivity index (χ0v) is 16.9. The van der Waals surface area contributed by atoms with Gasteiger partial charge in [0.05, 0.1) is 5.02 Å². The molecule has 0 spiro atoms. The molecule has 0 saturated carbocycles. The van der Waals surface area contributed by atoms with Crippen molar-refractivity contribution in [3.63, 3.8) is 0 Å². The number of nitrogens with two attached hydrogens (primary N) is 1. The first-order valence-corrected chi connectivity index (χ1v) is 11.6. The number of halogens is 1. The van der Waals surface area contributed by atoms with Crippen molar-refractivity contribution in [2.45, 2.75) is 22.8 Å². The zero-order valence-electron chi connectivity index (χ0n) is 14.5.